The van der Waals surface area contributed by atoms with Crippen molar-refractivity contribution < 1.29 is 19.3 Å². The van der Waals surface area contributed by atoms with Gasteiger partial charge in [0.05, 0.1) is 6.61 Å². The number of hydrogen-bond acceptors (Lipinski definition) is 4. The van der Waals surface area contributed by atoms with Gasteiger partial charge in [0, 0.05) is 5.56 Å². The third kappa shape index (κ3) is 5.77. The zero-order valence-corrected chi connectivity index (χ0v) is 15.1. The van der Waals surface area contributed by atoms with E-state index in [1.165, 1.54) is 0 Å². The predicted octanol–water partition coefficient (Wildman–Crippen LogP) is 3.26. The van der Waals surface area contributed by atoms with Crippen LogP contribution in [0.1, 0.15) is 15.9 Å². The number of carbonyl (C=O) groups is 2. The second kappa shape index (κ2) is 10.0. The highest BCUT2D eigenvalue weighted by Gasteiger charge is 2.08. The Balaban J connectivity index is 1.38. The summed E-state index contributed by atoms with van der Waals surface area (Å²) in [5.74, 6) is -0.937. The van der Waals surface area contributed by atoms with Gasteiger partial charge in [0.2, 0.25) is 0 Å². The molecule has 3 aromatic rings. The van der Waals surface area contributed by atoms with Gasteiger partial charge in [-0.15, -0.1) is 0 Å². The van der Waals surface area contributed by atoms with Crippen molar-refractivity contribution in [3.8, 4) is 11.1 Å². The summed E-state index contributed by atoms with van der Waals surface area (Å²) < 4.78 is 0. The van der Waals surface area contributed by atoms with Crippen LogP contribution in [0.2, 0.25) is 0 Å². The molecule has 0 aliphatic carbocycles. The molecule has 0 spiro atoms. The largest absolute Gasteiger partial charge is 0.274 e. The van der Waals surface area contributed by atoms with Gasteiger partial charge in [-0.25, -0.2) is 11.0 Å². The van der Waals surface area contributed by atoms with E-state index in [0.717, 1.165) is 16.7 Å². The third-order valence-corrected chi connectivity index (χ3v) is 3.89. The fourth-order valence-corrected chi connectivity index (χ4v) is 2.47. The number of benzene rings is 3. The van der Waals surface area contributed by atoms with E-state index in [9.17, 15) is 9.59 Å². The molecule has 28 heavy (non-hydrogen) atoms. The maximum Gasteiger partial charge on any atom is 0.274 e. The zero-order chi connectivity index (χ0) is 19.6. The number of rotatable bonds is 8. The molecule has 3 aromatic carbocycles. The SMILES string of the molecule is O=C(CONC(=O)c1ccc(-c2ccccc2)cc1)NOCc1ccccc1. The summed E-state index contributed by atoms with van der Waals surface area (Å²) in [6, 6.07) is 26.4. The van der Waals surface area contributed by atoms with Gasteiger partial charge in [-0.2, -0.15) is 0 Å². The number of carbonyl (C=O) groups excluding carboxylic acids is 2. The standard InChI is InChI=1S/C22H20N2O4/c25-21(23-27-15-17-7-3-1-4-8-17)16-28-24-22(26)20-13-11-19(12-14-20)18-9-5-2-6-10-18/h1-14H,15-16H2,(H,23,25)(H,24,26). The Morgan fingerprint density at radius 3 is 1.96 bits per heavy atom. The smallest absolute Gasteiger partial charge is 0.270 e. The van der Waals surface area contributed by atoms with Gasteiger partial charge in [0.25, 0.3) is 11.8 Å². The van der Waals surface area contributed by atoms with E-state index in [0.29, 0.717) is 5.56 Å². The molecule has 6 heteroatoms. The zero-order valence-electron chi connectivity index (χ0n) is 15.1. The molecule has 0 unspecified atom stereocenters. The van der Waals surface area contributed by atoms with Crippen LogP contribution in [0, 0.1) is 0 Å². The molecule has 142 valence electrons. The highest BCUT2D eigenvalue weighted by atomic mass is 16.7. The fraction of sp³-hybridized carbons (Fsp3) is 0.0909. The van der Waals surface area contributed by atoms with Crippen LogP contribution in [0.25, 0.3) is 11.1 Å². The van der Waals surface area contributed by atoms with Crippen LogP contribution >= 0.6 is 0 Å². The van der Waals surface area contributed by atoms with E-state index in [1.54, 1.807) is 12.1 Å². The van der Waals surface area contributed by atoms with Gasteiger partial charge in [-0.3, -0.25) is 19.3 Å². The quantitative estimate of drug-likeness (QED) is 0.592. The molecule has 0 atom stereocenters. The summed E-state index contributed by atoms with van der Waals surface area (Å²) in [5.41, 5.74) is 7.93. The molecule has 0 bridgehead atoms. The molecule has 0 radical (unpaired) electrons. The minimum atomic E-state index is -0.504. The molecule has 0 aromatic heterocycles. The molecule has 2 amide bonds. The molecule has 0 aliphatic rings. The van der Waals surface area contributed by atoms with Gasteiger partial charge < -0.3 is 0 Å². The number of amides is 2. The molecule has 0 fully saturated rings. The molecular formula is C22H20N2O4. The average molecular weight is 376 g/mol. The van der Waals surface area contributed by atoms with Crippen molar-refractivity contribution in [3.63, 3.8) is 0 Å². The lowest BCUT2D eigenvalue weighted by molar-refractivity contribution is -0.141. The van der Waals surface area contributed by atoms with Crippen LogP contribution in [0.15, 0.2) is 84.9 Å². The van der Waals surface area contributed by atoms with Crippen molar-refractivity contribution in [2.24, 2.45) is 0 Å². The first-order valence-electron chi connectivity index (χ1n) is 8.74. The Kier molecular flexibility index (Phi) is 6.89. The highest BCUT2D eigenvalue weighted by molar-refractivity contribution is 5.94. The van der Waals surface area contributed by atoms with Crippen molar-refractivity contribution in [3.05, 3.63) is 96.1 Å². The minimum Gasteiger partial charge on any atom is -0.270 e. The van der Waals surface area contributed by atoms with E-state index in [4.69, 9.17) is 9.68 Å². The topological polar surface area (TPSA) is 76.7 Å². The molecule has 0 saturated heterocycles. The van der Waals surface area contributed by atoms with Gasteiger partial charge in [-0.1, -0.05) is 72.8 Å². The molecule has 2 N–H and O–H groups in total. The molecule has 0 heterocycles. The monoisotopic (exact) mass is 376 g/mol. The van der Waals surface area contributed by atoms with Crippen molar-refractivity contribution in [2.75, 3.05) is 6.61 Å². The van der Waals surface area contributed by atoms with Crippen molar-refractivity contribution in [1.29, 1.82) is 0 Å². The van der Waals surface area contributed by atoms with E-state index < -0.39 is 11.8 Å². The average Bonchev–Trinajstić information content (AvgIpc) is 2.75. The maximum atomic E-state index is 12.1. The van der Waals surface area contributed by atoms with Crippen LogP contribution in [-0.4, -0.2) is 18.4 Å². The van der Waals surface area contributed by atoms with Crippen molar-refractivity contribution >= 4 is 11.8 Å². The van der Waals surface area contributed by atoms with Gasteiger partial charge in [0.1, 0.15) is 0 Å². The summed E-state index contributed by atoms with van der Waals surface area (Å²) in [5, 5.41) is 0. The van der Waals surface area contributed by atoms with Gasteiger partial charge in [-0.05, 0) is 28.8 Å². The summed E-state index contributed by atoms with van der Waals surface area (Å²) in [4.78, 5) is 33.7. The maximum absolute atomic E-state index is 12.1. The Labute approximate surface area is 163 Å². The number of nitrogens with one attached hydrogen (secondary N) is 2. The lowest BCUT2D eigenvalue weighted by Gasteiger charge is -2.08. The van der Waals surface area contributed by atoms with E-state index >= 15 is 0 Å². The molecule has 6 nitrogen and oxygen atoms in total. The summed E-state index contributed by atoms with van der Waals surface area (Å²) in [6.07, 6.45) is 0. The minimum absolute atomic E-state index is 0.243. The Bertz CT molecular complexity index is 897. The number of hydroxylamine groups is 2. The van der Waals surface area contributed by atoms with Crippen LogP contribution < -0.4 is 11.0 Å². The van der Waals surface area contributed by atoms with Crippen molar-refractivity contribution in [2.45, 2.75) is 6.61 Å². The van der Waals surface area contributed by atoms with Crippen LogP contribution in [0.5, 0.6) is 0 Å². The Morgan fingerprint density at radius 2 is 1.29 bits per heavy atom. The van der Waals surface area contributed by atoms with Crippen molar-refractivity contribution in [1.82, 2.24) is 11.0 Å². The van der Waals surface area contributed by atoms with Crippen LogP contribution in [0.4, 0.5) is 0 Å². The lowest BCUT2D eigenvalue weighted by Crippen LogP contribution is -2.32. The lowest BCUT2D eigenvalue weighted by atomic mass is 10.0. The summed E-state index contributed by atoms with van der Waals surface area (Å²) in [7, 11) is 0. The van der Waals surface area contributed by atoms with Gasteiger partial charge in [0.15, 0.2) is 6.61 Å². The fourth-order valence-electron chi connectivity index (χ4n) is 2.47. The van der Waals surface area contributed by atoms with Crippen LogP contribution in [-0.2, 0) is 21.1 Å². The number of hydrogen-bond donors (Lipinski definition) is 2. The second-order valence-corrected chi connectivity index (χ2v) is 5.96. The first-order chi connectivity index (χ1) is 13.7. The van der Waals surface area contributed by atoms with Crippen LogP contribution in [0.3, 0.4) is 0 Å². The first-order valence-corrected chi connectivity index (χ1v) is 8.74. The summed E-state index contributed by atoms with van der Waals surface area (Å²) in [6.45, 7) is -0.116. The Hall–Kier alpha value is -3.48. The third-order valence-electron chi connectivity index (χ3n) is 3.89. The van der Waals surface area contributed by atoms with E-state index in [-0.39, 0.29) is 13.2 Å². The highest BCUT2D eigenvalue weighted by Crippen LogP contribution is 2.19. The Morgan fingerprint density at radius 1 is 0.679 bits per heavy atom. The molecule has 0 saturated carbocycles. The predicted molar refractivity (Wildman–Crippen MR) is 105 cm³/mol. The van der Waals surface area contributed by atoms with E-state index in [2.05, 4.69) is 11.0 Å². The molecule has 0 aliphatic heterocycles. The summed E-state index contributed by atoms with van der Waals surface area (Å²) >= 11 is 0. The molecule has 3 rings (SSSR count). The van der Waals surface area contributed by atoms with E-state index in [1.807, 2.05) is 72.8 Å². The molecular weight excluding hydrogens is 356 g/mol. The normalized spacial score (nSPS) is 10.3. The first kappa shape index (κ1) is 19.3. The second-order valence-electron chi connectivity index (χ2n) is 5.96. The van der Waals surface area contributed by atoms with Gasteiger partial charge >= 0.3 is 0 Å².